The predicted molar refractivity (Wildman–Crippen MR) is 130 cm³/mol. The van der Waals surface area contributed by atoms with Crippen LogP contribution in [0.4, 0.5) is 0 Å². The van der Waals surface area contributed by atoms with E-state index in [0.29, 0.717) is 0 Å². The third-order valence-electron chi connectivity index (χ3n) is 6.50. The van der Waals surface area contributed by atoms with Crippen molar-refractivity contribution in [2.45, 2.75) is 37.8 Å². The van der Waals surface area contributed by atoms with Crippen molar-refractivity contribution in [3.63, 3.8) is 0 Å². The van der Waals surface area contributed by atoms with Gasteiger partial charge in [-0.2, -0.15) is 11.8 Å². The number of hydrogen-bond acceptors (Lipinski definition) is 7. The number of nitrogens with one attached hydrogen (secondary N) is 1. The maximum absolute atomic E-state index is 5.02. The Labute approximate surface area is 186 Å². The van der Waals surface area contributed by atoms with Gasteiger partial charge in [-0.25, -0.2) is 4.99 Å². The van der Waals surface area contributed by atoms with Gasteiger partial charge in [0, 0.05) is 44.3 Å². The van der Waals surface area contributed by atoms with Gasteiger partial charge in [0.25, 0.3) is 0 Å². The molecule has 30 heavy (non-hydrogen) atoms. The topological polar surface area (TPSA) is 46.5 Å². The number of allylic oxidation sites excluding steroid dienone is 2. The first kappa shape index (κ1) is 22.1. The van der Waals surface area contributed by atoms with E-state index in [1.165, 1.54) is 43.0 Å². The molecule has 3 heterocycles. The lowest BCUT2D eigenvalue weighted by molar-refractivity contribution is 0.101. The molecule has 4 rings (SSSR count). The zero-order valence-corrected chi connectivity index (χ0v) is 19.5. The molecular formula is C23H38N6S. The first-order valence-electron chi connectivity index (χ1n) is 11.6. The first-order valence-corrected chi connectivity index (χ1v) is 12.8. The molecule has 6 nitrogen and oxygen atoms in total. The highest BCUT2D eigenvalue weighted by molar-refractivity contribution is 7.99. The van der Waals surface area contributed by atoms with Crippen molar-refractivity contribution in [2.75, 3.05) is 71.4 Å². The highest BCUT2D eigenvalue weighted by atomic mass is 32.2. The Morgan fingerprint density at radius 3 is 2.73 bits per heavy atom. The summed E-state index contributed by atoms with van der Waals surface area (Å²) >= 11 is 2.12. The molecule has 2 fully saturated rings. The quantitative estimate of drug-likeness (QED) is 0.627. The minimum atomic E-state index is 0.236. The summed E-state index contributed by atoms with van der Waals surface area (Å²) in [5, 5.41) is 3.61. The molecule has 0 bridgehead atoms. The fraction of sp³-hybridized carbons (Fsp3) is 0.739. The van der Waals surface area contributed by atoms with Crippen molar-refractivity contribution >= 4 is 23.4 Å². The number of thioether (sulfide) groups is 1. The van der Waals surface area contributed by atoms with E-state index in [1.807, 2.05) is 0 Å². The molecule has 0 aromatic heterocycles. The summed E-state index contributed by atoms with van der Waals surface area (Å²) < 4.78 is 0. The minimum Gasteiger partial charge on any atom is -0.370 e. The Kier molecular flexibility index (Phi) is 8.04. The van der Waals surface area contributed by atoms with Gasteiger partial charge >= 0.3 is 0 Å². The van der Waals surface area contributed by atoms with E-state index < -0.39 is 0 Å². The molecule has 4 aliphatic rings. The minimum absolute atomic E-state index is 0.236. The number of nitrogens with zero attached hydrogens (tertiary/aromatic N) is 5. The Morgan fingerprint density at radius 2 is 1.97 bits per heavy atom. The van der Waals surface area contributed by atoms with Crippen molar-refractivity contribution < 1.29 is 0 Å². The van der Waals surface area contributed by atoms with E-state index >= 15 is 0 Å². The number of amidine groups is 2. The lowest BCUT2D eigenvalue weighted by Crippen LogP contribution is -2.52. The fourth-order valence-electron chi connectivity index (χ4n) is 4.74. The summed E-state index contributed by atoms with van der Waals surface area (Å²) in [4.78, 5) is 17.5. The second-order valence-electron chi connectivity index (χ2n) is 9.05. The molecular weight excluding hydrogens is 392 g/mol. The molecule has 2 saturated heterocycles. The number of rotatable bonds is 7. The Hall–Kier alpha value is -1.15. The van der Waals surface area contributed by atoms with E-state index in [9.17, 15) is 0 Å². The fourth-order valence-corrected chi connectivity index (χ4v) is 5.82. The average Bonchev–Trinajstić information content (AvgIpc) is 2.77. The smallest absolute Gasteiger partial charge is 0.140 e. The van der Waals surface area contributed by atoms with Crippen LogP contribution in [-0.2, 0) is 0 Å². The largest absolute Gasteiger partial charge is 0.370 e. The maximum Gasteiger partial charge on any atom is 0.140 e. The van der Waals surface area contributed by atoms with Gasteiger partial charge in [0.1, 0.15) is 11.7 Å². The lowest BCUT2D eigenvalue weighted by atomic mass is 9.97. The molecule has 1 aliphatic carbocycles. The van der Waals surface area contributed by atoms with Crippen molar-refractivity contribution in [1.29, 1.82) is 0 Å². The van der Waals surface area contributed by atoms with Gasteiger partial charge in [-0.3, -0.25) is 14.8 Å². The standard InChI is InChI=1S/C23H38N6S/c1-27(2)11-5-10-24-23-20-6-3-4-7-21(20)25-22(26-23)18-28-12-14-29(15-13-28)19-8-16-30-17-9-19/h3-4,6,19,21H,5,7-18H2,1-2H3,(H,24,25,26). The van der Waals surface area contributed by atoms with Crippen molar-refractivity contribution in [2.24, 2.45) is 9.98 Å². The molecule has 0 aromatic carbocycles. The van der Waals surface area contributed by atoms with Gasteiger partial charge in [-0.05, 0) is 57.8 Å². The zero-order valence-electron chi connectivity index (χ0n) is 18.7. The SMILES string of the molecule is CN(C)CCCNC1=NC(CN2CCN(C3CCSCC3)CC2)=NC2CC=CC=C12. The van der Waals surface area contributed by atoms with Crippen LogP contribution in [0.3, 0.4) is 0 Å². The van der Waals surface area contributed by atoms with E-state index in [1.54, 1.807) is 0 Å². The summed E-state index contributed by atoms with van der Waals surface area (Å²) in [5.41, 5.74) is 1.26. The van der Waals surface area contributed by atoms with Crippen LogP contribution in [0.1, 0.15) is 25.7 Å². The van der Waals surface area contributed by atoms with E-state index in [0.717, 1.165) is 63.3 Å². The molecule has 3 aliphatic heterocycles. The summed E-state index contributed by atoms with van der Waals surface area (Å²) in [6.07, 6.45) is 11.4. The predicted octanol–water partition coefficient (Wildman–Crippen LogP) is 2.11. The molecule has 166 valence electrons. The molecule has 0 amide bonds. The molecule has 0 aromatic rings. The van der Waals surface area contributed by atoms with Crippen LogP contribution in [0.25, 0.3) is 0 Å². The number of piperazine rings is 1. The third kappa shape index (κ3) is 5.96. The highest BCUT2D eigenvalue weighted by Crippen LogP contribution is 2.24. The third-order valence-corrected chi connectivity index (χ3v) is 7.55. The van der Waals surface area contributed by atoms with Crippen LogP contribution < -0.4 is 5.32 Å². The van der Waals surface area contributed by atoms with Gasteiger partial charge in [-0.15, -0.1) is 0 Å². The van der Waals surface area contributed by atoms with Crippen molar-refractivity contribution in [3.8, 4) is 0 Å². The Morgan fingerprint density at radius 1 is 1.17 bits per heavy atom. The second-order valence-corrected chi connectivity index (χ2v) is 10.3. The average molecular weight is 431 g/mol. The second kappa shape index (κ2) is 10.9. The van der Waals surface area contributed by atoms with Crippen molar-refractivity contribution in [3.05, 3.63) is 23.8 Å². The molecule has 0 spiro atoms. The van der Waals surface area contributed by atoms with Crippen LogP contribution in [0.2, 0.25) is 0 Å². The summed E-state index contributed by atoms with van der Waals surface area (Å²) in [5.74, 6) is 4.73. The number of fused-ring (bicyclic) bond motifs is 1. The molecule has 0 saturated carbocycles. The van der Waals surface area contributed by atoms with Gasteiger partial charge in [0.15, 0.2) is 0 Å². The molecule has 0 radical (unpaired) electrons. The van der Waals surface area contributed by atoms with Crippen LogP contribution in [0, 0.1) is 0 Å². The Balaban J connectivity index is 1.32. The Bertz CT molecular complexity index is 684. The molecule has 1 N–H and O–H groups in total. The molecule has 1 unspecified atom stereocenters. The van der Waals surface area contributed by atoms with Crippen LogP contribution >= 0.6 is 11.8 Å². The van der Waals surface area contributed by atoms with Crippen LogP contribution in [0.15, 0.2) is 33.8 Å². The van der Waals surface area contributed by atoms with Gasteiger partial charge in [0.05, 0.1) is 12.6 Å². The van der Waals surface area contributed by atoms with Gasteiger partial charge < -0.3 is 10.2 Å². The van der Waals surface area contributed by atoms with Crippen LogP contribution in [-0.4, -0.2) is 110 Å². The normalized spacial score (nSPS) is 26.2. The summed E-state index contributed by atoms with van der Waals surface area (Å²) in [6.45, 7) is 7.58. The highest BCUT2D eigenvalue weighted by Gasteiger charge is 2.28. The monoisotopic (exact) mass is 430 g/mol. The van der Waals surface area contributed by atoms with E-state index in [2.05, 4.69) is 64.1 Å². The lowest BCUT2D eigenvalue weighted by Gasteiger charge is -2.40. The maximum atomic E-state index is 5.02. The van der Waals surface area contributed by atoms with E-state index in [-0.39, 0.29) is 6.04 Å². The zero-order chi connectivity index (χ0) is 20.8. The molecule has 1 atom stereocenters. The number of hydrogen-bond donors (Lipinski definition) is 1. The molecule has 7 heteroatoms. The first-order chi connectivity index (χ1) is 14.7. The summed E-state index contributed by atoms with van der Waals surface area (Å²) in [6, 6.07) is 1.05. The van der Waals surface area contributed by atoms with Gasteiger partial charge in [0.2, 0.25) is 0 Å². The summed E-state index contributed by atoms with van der Waals surface area (Å²) in [7, 11) is 4.25. The number of aliphatic imine (C=N–C) groups is 2. The van der Waals surface area contributed by atoms with Crippen molar-refractivity contribution in [1.82, 2.24) is 20.0 Å². The van der Waals surface area contributed by atoms with Gasteiger partial charge in [-0.1, -0.05) is 18.2 Å². The van der Waals surface area contributed by atoms with E-state index in [4.69, 9.17) is 9.98 Å². The van der Waals surface area contributed by atoms with Crippen LogP contribution in [0.5, 0.6) is 0 Å².